The minimum atomic E-state index is -1.76. The van der Waals surface area contributed by atoms with E-state index in [0.29, 0.717) is 5.02 Å². The van der Waals surface area contributed by atoms with Gasteiger partial charge >= 0.3 is 17.7 Å². The molecule has 0 spiro atoms. The highest BCUT2D eigenvalue weighted by atomic mass is 35.5. The summed E-state index contributed by atoms with van der Waals surface area (Å²) in [6, 6.07) is 15.9. The first kappa shape index (κ1) is 26.7. The summed E-state index contributed by atoms with van der Waals surface area (Å²) < 4.78 is 19.9. The largest absolute Gasteiger partial charge is 0.519 e. The van der Waals surface area contributed by atoms with Crippen molar-refractivity contribution in [3.8, 4) is 17.0 Å². The molecule has 3 N–H and O–H groups in total. The zero-order chi connectivity index (χ0) is 27.2. The van der Waals surface area contributed by atoms with Crippen LogP contribution in [-0.2, 0) is 17.9 Å². The SMILES string of the molecule is Cc1oc(=O)oc1COc1cc(C(=O)NN(Cc2ccc(-c3cccc(Cl)c3)cc2)C[C@@H](O)C(=O)O)on1. The summed E-state index contributed by atoms with van der Waals surface area (Å²) in [6.45, 7) is 0.999. The number of nitrogens with one attached hydrogen (secondary N) is 1. The van der Waals surface area contributed by atoms with Crippen molar-refractivity contribution in [2.24, 2.45) is 0 Å². The number of aliphatic hydroxyl groups is 1. The van der Waals surface area contributed by atoms with E-state index >= 15 is 0 Å². The first-order valence-electron chi connectivity index (χ1n) is 11.2. The average molecular weight is 544 g/mol. The smallest absolute Gasteiger partial charge is 0.479 e. The summed E-state index contributed by atoms with van der Waals surface area (Å²) in [5.41, 5.74) is 5.07. The van der Waals surface area contributed by atoms with Crippen LogP contribution in [-0.4, -0.2) is 44.9 Å². The number of aromatic nitrogens is 1. The third kappa shape index (κ3) is 6.88. The van der Waals surface area contributed by atoms with Crippen LogP contribution in [0.1, 0.15) is 27.6 Å². The Labute approximate surface area is 219 Å². The fourth-order valence-electron chi connectivity index (χ4n) is 3.41. The number of benzene rings is 2. The van der Waals surface area contributed by atoms with E-state index < -0.39 is 30.3 Å². The Bertz CT molecular complexity index is 1480. The molecule has 0 aliphatic carbocycles. The molecule has 0 saturated heterocycles. The number of carbonyl (C=O) groups excluding carboxylic acids is 1. The number of hydrogen-bond donors (Lipinski definition) is 3. The maximum absolute atomic E-state index is 12.8. The van der Waals surface area contributed by atoms with Crippen LogP contribution in [0.25, 0.3) is 11.1 Å². The van der Waals surface area contributed by atoms with Gasteiger partial charge in [0.2, 0.25) is 5.76 Å². The number of halogens is 1. The molecule has 2 heterocycles. The van der Waals surface area contributed by atoms with E-state index in [-0.39, 0.29) is 36.3 Å². The van der Waals surface area contributed by atoms with E-state index in [0.717, 1.165) is 16.7 Å². The van der Waals surface area contributed by atoms with Crippen LogP contribution in [0.2, 0.25) is 5.02 Å². The normalized spacial score (nSPS) is 11.9. The monoisotopic (exact) mass is 543 g/mol. The van der Waals surface area contributed by atoms with E-state index in [4.69, 9.17) is 34.8 Å². The van der Waals surface area contributed by atoms with E-state index in [2.05, 4.69) is 10.6 Å². The van der Waals surface area contributed by atoms with Crippen LogP contribution in [0.3, 0.4) is 0 Å². The van der Waals surface area contributed by atoms with Crippen molar-refractivity contribution in [2.45, 2.75) is 26.2 Å². The van der Waals surface area contributed by atoms with Gasteiger partial charge in [0.25, 0.3) is 5.88 Å². The lowest BCUT2D eigenvalue weighted by molar-refractivity contribution is -0.148. The van der Waals surface area contributed by atoms with Crippen molar-refractivity contribution in [2.75, 3.05) is 6.54 Å². The minimum Gasteiger partial charge on any atom is -0.479 e. The molecule has 0 bridgehead atoms. The highest BCUT2D eigenvalue weighted by Crippen LogP contribution is 2.23. The van der Waals surface area contributed by atoms with Gasteiger partial charge in [0, 0.05) is 11.6 Å². The van der Waals surface area contributed by atoms with Crippen LogP contribution < -0.4 is 16.0 Å². The highest BCUT2D eigenvalue weighted by molar-refractivity contribution is 6.30. The lowest BCUT2D eigenvalue weighted by Crippen LogP contribution is -2.47. The molecule has 0 radical (unpaired) electrons. The first-order valence-corrected chi connectivity index (χ1v) is 11.6. The summed E-state index contributed by atoms with van der Waals surface area (Å²) >= 11 is 6.06. The maximum atomic E-state index is 12.8. The molecular formula is C25H22ClN3O9. The quantitative estimate of drug-likeness (QED) is 0.238. The van der Waals surface area contributed by atoms with Gasteiger partial charge in [0.1, 0.15) is 0 Å². The van der Waals surface area contributed by atoms with Gasteiger partial charge in [-0.05, 0) is 40.9 Å². The van der Waals surface area contributed by atoms with Crippen LogP contribution in [0.4, 0.5) is 0 Å². The second-order valence-corrected chi connectivity index (χ2v) is 8.57. The minimum absolute atomic E-state index is 0.0628. The van der Waals surface area contributed by atoms with E-state index in [9.17, 15) is 19.5 Å². The van der Waals surface area contributed by atoms with Crippen LogP contribution in [0.5, 0.6) is 5.88 Å². The van der Waals surface area contributed by atoms with Gasteiger partial charge in [-0.1, -0.05) is 48.0 Å². The first-order chi connectivity index (χ1) is 18.2. The van der Waals surface area contributed by atoms with E-state index in [1.165, 1.54) is 18.0 Å². The van der Waals surface area contributed by atoms with Crippen molar-refractivity contribution >= 4 is 23.5 Å². The standard InChI is InChI=1S/C25H22ClN3O9/c1-14-21(37-25(34)36-14)13-35-22-10-20(38-28-22)23(31)27-29(12-19(30)24(32)33)11-15-5-7-16(8-6-15)17-3-2-4-18(26)9-17/h2-10,19,30H,11-13H2,1H3,(H,27,31)(H,32,33)/t19-/m1/s1. The van der Waals surface area contributed by atoms with Gasteiger partial charge in [-0.3, -0.25) is 10.2 Å². The van der Waals surface area contributed by atoms with Gasteiger partial charge in [0.05, 0.1) is 12.6 Å². The van der Waals surface area contributed by atoms with Gasteiger partial charge in [-0.2, -0.15) is 0 Å². The van der Waals surface area contributed by atoms with E-state index in [1.807, 2.05) is 30.3 Å². The second kappa shape index (κ2) is 11.8. The number of aryl methyl sites for hydroxylation is 1. The highest BCUT2D eigenvalue weighted by Gasteiger charge is 2.23. The Morgan fingerprint density at radius 2 is 1.89 bits per heavy atom. The number of carboxylic acids is 1. The molecular weight excluding hydrogens is 522 g/mol. The third-order valence-corrected chi connectivity index (χ3v) is 5.56. The summed E-state index contributed by atoms with van der Waals surface area (Å²) in [4.78, 5) is 35.1. The maximum Gasteiger partial charge on any atom is 0.519 e. The number of rotatable bonds is 11. The summed E-state index contributed by atoms with van der Waals surface area (Å²) in [7, 11) is 0. The third-order valence-electron chi connectivity index (χ3n) is 5.32. The summed E-state index contributed by atoms with van der Waals surface area (Å²) in [6.07, 6.45) is -1.76. The van der Waals surface area contributed by atoms with Crippen molar-refractivity contribution < 1.29 is 37.9 Å². The lowest BCUT2D eigenvalue weighted by Gasteiger charge is -2.24. The summed E-state index contributed by atoms with van der Waals surface area (Å²) in [5, 5.41) is 24.5. The average Bonchev–Trinajstić information content (AvgIpc) is 3.48. The van der Waals surface area contributed by atoms with Crippen LogP contribution >= 0.6 is 11.6 Å². The van der Waals surface area contributed by atoms with E-state index in [1.54, 1.807) is 18.2 Å². The number of aliphatic carboxylic acids is 1. The van der Waals surface area contributed by atoms with Gasteiger partial charge in [-0.25, -0.2) is 14.6 Å². The Hall–Kier alpha value is -4.39. The molecule has 0 aliphatic heterocycles. The fourth-order valence-corrected chi connectivity index (χ4v) is 3.60. The molecule has 1 atom stereocenters. The predicted octanol–water partition coefficient (Wildman–Crippen LogP) is 3.02. The van der Waals surface area contributed by atoms with Crippen LogP contribution in [0.15, 0.2) is 72.7 Å². The Morgan fingerprint density at radius 1 is 1.13 bits per heavy atom. The zero-order valence-electron chi connectivity index (χ0n) is 19.9. The molecule has 198 valence electrons. The van der Waals surface area contributed by atoms with Crippen molar-refractivity contribution in [3.63, 3.8) is 0 Å². The molecule has 12 nitrogen and oxygen atoms in total. The van der Waals surface area contributed by atoms with Crippen molar-refractivity contribution in [1.82, 2.24) is 15.6 Å². The number of carboxylic acid groups (broad SMARTS) is 1. The number of amides is 1. The number of aliphatic hydroxyl groups excluding tert-OH is 1. The number of nitrogens with zero attached hydrogens (tertiary/aromatic N) is 2. The summed E-state index contributed by atoms with van der Waals surface area (Å²) in [5.74, 6) is -2.99. The zero-order valence-corrected chi connectivity index (χ0v) is 20.7. The van der Waals surface area contributed by atoms with Gasteiger partial charge in [0.15, 0.2) is 24.2 Å². The molecule has 4 aromatic rings. The Balaban J connectivity index is 1.42. The number of hydrogen-bond acceptors (Lipinski definition) is 10. The van der Waals surface area contributed by atoms with Crippen molar-refractivity contribution in [3.05, 3.63) is 93.1 Å². The molecule has 4 rings (SSSR count). The lowest BCUT2D eigenvalue weighted by atomic mass is 10.0. The number of carbonyl (C=O) groups is 2. The molecule has 0 aliphatic rings. The molecule has 0 saturated carbocycles. The van der Waals surface area contributed by atoms with Crippen LogP contribution in [0, 0.1) is 6.92 Å². The molecule has 38 heavy (non-hydrogen) atoms. The van der Waals surface area contributed by atoms with Crippen molar-refractivity contribution in [1.29, 1.82) is 0 Å². The predicted molar refractivity (Wildman–Crippen MR) is 131 cm³/mol. The Kier molecular flexibility index (Phi) is 8.26. The fraction of sp³-hybridized carbons (Fsp3) is 0.200. The number of ether oxygens (including phenoxy) is 1. The Morgan fingerprint density at radius 3 is 2.55 bits per heavy atom. The van der Waals surface area contributed by atoms with Gasteiger partial charge < -0.3 is 28.3 Å². The van der Waals surface area contributed by atoms with Gasteiger partial charge in [-0.15, -0.1) is 0 Å². The molecule has 0 fully saturated rings. The topological polar surface area (TPSA) is 168 Å². The molecule has 13 heteroatoms. The number of hydrazine groups is 1. The molecule has 1 amide bonds. The molecule has 0 unspecified atom stereocenters. The molecule has 2 aromatic carbocycles. The molecule has 2 aromatic heterocycles. The second-order valence-electron chi connectivity index (χ2n) is 8.13.